The molecule has 0 saturated heterocycles. The Morgan fingerprint density at radius 3 is 2.58 bits per heavy atom. The second kappa shape index (κ2) is 5.57. The molecule has 1 aromatic carbocycles. The van der Waals surface area contributed by atoms with Crippen LogP contribution >= 0.6 is 11.3 Å². The highest BCUT2D eigenvalue weighted by Gasteiger charge is 2.21. The predicted octanol–water partition coefficient (Wildman–Crippen LogP) is 4.02. The first-order valence-electron chi connectivity index (χ1n) is 6.03. The molecule has 1 aromatic heterocycles. The van der Waals surface area contributed by atoms with Crippen LogP contribution < -0.4 is 10.6 Å². The van der Waals surface area contributed by atoms with Crippen molar-refractivity contribution in [1.29, 1.82) is 0 Å². The van der Waals surface area contributed by atoms with Gasteiger partial charge in [0, 0.05) is 10.9 Å². The lowest BCUT2D eigenvalue weighted by atomic mass is 10.2. The largest absolute Gasteiger partial charge is 0.397 e. The number of hydrogen-bond acceptors (Lipinski definition) is 3. The maximum absolute atomic E-state index is 14.0. The Kier molecular flexibility index (Phi) is 4.04. The summed E-state index contributed by atoms with van der Waals surface area (Å²) in [6.45, 7) is 4.37. The average molecular weight is 282 g/mol. The fourth-order valence-corrected chi connectivity index (χ4v) is 2.64. The molecule has 0 unspecified atom stereocenters. The number of rotatable bonds is 4. The van der Waals surface area contributed by atoms with Crippen LogP contribution in [0.15, 0.2) is 29.6 Å². The average Bonchev–Trinajstić information content (AvgIpc) is 2.86. The van der Waals surface area contributed by atoms with E-state index in [1.165, 1.54) is 6.07 Å². The summed E-state index contributed by atoms with van der Waals surface area (Å²) >= 11 is 1.58. The zero-order valence-electron chi connectivity index (χ0n) is 10.9. The van der Waals surface area contributed by atoms with Gasteiger partial charge in [0.1, 0.15) is 0 Å². The van der Waals surface area contributed by atoms with Gasteiger partial charge in [0.05, 0.1) is 17.9 Å². The molecule has 2 nitrogen and oxygen atoms in total. The van der Waals surface area contributed by atoms with Crippen LogP contribution in [-0.4, -0.2) is 6.04 Å². The molecular weight excluding hydrogens is 266 g/mol. The summed E-state index contributed by atoms with van der Waals surface area (Å²) in [5.74, 6) is -1.76. The fourth-order valence-electron chi connectivity index (χ4n) is 1.94. The first-order chi connectivity index (χ1) is 9.00. The van der Waals surface area contributed by atoms with Crippen LogP contribution in [-0.2, 0) is 6.54 Å². The van der Waals surface area contributed by atoms with Crippen molar-refractivity contribution in [2.24, 2.45) is 0 Å². The molecular formula is C14H16F2N2S. The topological polar surface area (TPSA) is 29.3 Å². The summed E-state index contributed by atoms with van der Waals surface area (Å²) in [5, 5.41) is 1.96. The third-order valence-corrected chi connectivity index (χ3v) is 3.78. The molecule has 0 bridgehead atoms. The number of halogens is 2. The fraction of sp³-hybridized carbons (Fsp3) is 0.286. The molecule has 0 aliphatic rings. The van der Waals surface area contributed by atoms with Gasteiger partial charge in [0.25, 0.3) is 0 Å². The third-order valence-electron chi connectivity index (χ3n) is 2.92. The van der Waals surface area contributed by atoms with Crippen molar-refractivity contribution in [2.75, 3.05) is 10.6 Å². The monoisotopic (exact) mass is 282 g/mol. The van der Waals surface area contributed by atoms with Crippen LogP contribution in [0.5, 0.6) is 0 Å². The van der Waals surface area contributed by atoms with E-state index in [9.17, 15) is 8.78 Å². The van der Waals surface area contributed by atoms with Crippen molar-refractivity contribution in [2.45, 2.75) is 26.4 Å². The molecule has 2 N–H and O–H groups in total. The number of nitrogen functional groups attached to an aromatic ring is 1. The summed E-state index contributed by atoms with van der Waals surface area (Å²) in [4.78, 5) is 2.86. The van der Waals surface area contributed by atoms with Crippen molar-refractivity contribution in [1.82, 2.24) is 0 Å². The van der Waals surface area contributed by atoms with Crippen molar-refractivity contribution >= 4 is 22.7 Å². The van der Waals surface area contributed by atoms with Crippen LogP contribution in [0.1, 0.15) is 18.7 Å². The van der Waals surface area contributed by atoms with Gasteiger partial charge in [-0.15, -0.1) is 11.3 Å². The normalized spacial score (nSPS) is 11.0. The minimum atomic E-state index is -0.884. The van der Waals surface area contributed by atoms with Crippen molar-refractivity contribution in [3.8, 4) is 0 Å². The van der Waals surface area contributed by atoms with Gasteiger partial charge in [0.2, 0.25) is 0 Å². The highest BCUT2D eigenvalue weighted by atomic mass is 32.1. The molecule has 19 heavy (non-hydrogen) atoms. The summed E-state index contributed by atoms with van der Waals surface area (Å²) in [7, 11) is 0. The molecule has 0 atom stereocenters. The minimum absolute atomic E-state index is 0.0145. The van der Waals surface area contributed by atoms with Gasteiger partial charge in [-0.05, 0) is 37.4 Å². The van der Waals surface area contributed by atoms with Crippen LogP contribution in [0.4, 0.5) is 20.2 Å². The first kappa shape index (κ1) is 13.8. The molecule has 1 heterocycles. The molecule has 0 aliphatic heterocycles. The Labute approximate surface area is 115 Å². The van der Waals surface area contributed by atoms with Gasteiger partial charge in [-0.25, -0.2) is 8.78 Å². The van der Waals surface area contributed by atoms with E-state index in [0.717, 1.165) is 10.9 Å². The molecule has 0 spiro atoms. The molecule has 0 saturated carbocycles. The van der Waals surface area contributed by atoms with Crippen LogP contribution in [0, 0.1) is 11.6 Å². The zero-order chi connectivity index (χ0) is 14.0. The van der Waals surface area contributed by atoms with E-state index in [2.05, 4.69) is 0 Å². The number of benzene rings is 1. The summed E-state index contributed by atoms with van der Waals surface area (Å²) in [5.41, 5.74) is 6.21. The van der Waals surface area contributed by atoms with Gasteiger partial charge in [-0.3, -0.25) is 0 Å². The molecule has 0 amide bonds. The molecule has 0 fully saturated rings. The lowest BCUT2D eigenvalue weighted by Crippen LogP contribution is -2.31. The molecule has 0 aliphatic carbocycles. The quantitative estimate of drug-likeness (QED) is 0.858. The molecule has 0 radical (unpaired) electrons. The molecule has 2 rings (SSSR count). The maximum atomic E-state index is 14.0. The number of anilines is 2. The Morgan fingerprint density at radius 1 is 1.26 bits per heavy atom. The van der Waals surface area contributed by atoms with E-state index in [1.807, 2.05) is 31.4 Å². The van der Waals surface area contributed by atoms with E-state index >= 15 is 0 Å². The number of nitrogens with zero attached hydrogens (tertiary/aromatic N) is 1. The Bertz CT molecular complexity index is 553. The van der Waals surface area contributed by atoms with E-state index in [0.29, 0.717) is 6.54 Å². The standard InChI is InChI=1S/C14H16F2N2S/c1-9(2)18(8-10-4-3-7-19-10)14-12(17)6-5-11(15)13(14)16/h3-7,9H,8,17H2,1-2H3. The van der Waals surface area contributed by atoms with E-state index in [1.54, 1.807) is 16.2 Å². The second-order valence-corrected chi connectivity index (χ2v) is 5.63. The van der Waals surface area contributed by atoms with Crippen LogP contribution in [0.3, 0.4) is 0 Å². The molecule has 102 valence electrons. The number of hydrogen-bond donors (Lipinski definition) is 1. The first-order valence-corrected chi connectivity index (χ1v) is 6.91. The third kappa shape index (κ3) is 2.87. The summed E-state index contributed by atoms with van der Waals surface area (Å²) < 4.78 is 27.4. The smallest absolute Gasteiger partial charge is 0.184 e. The van der Waals surface area contributed by atoms with E-state index in [4.69, 9.17) is 5.73 Å². The zero-order valence-corrected chi connectivity index (χ0v) is 11.7. The van der Waals surface area contributed by atoms with E-state index < -0.39 is 11.6 Å². The number of thiophene rings is 1. The van der Waals surface area contributed by atoms with Crippen LogP contribution in [0.25, 0.3) is 0 Å². The SMILES string of the molecule is CC(C)N(Cc1cccs1)c1c(N)ccc(F)c1F. The number of nitrogens with two attached hydrogens (primary N) is 1. The van der Waals surface area contributed by atoms with Crippen LogP contribution in [0.2, 0.25) is 0 Å². The van der Waals surface area contributed by atoms with Gasteiger partial charge in [-0.1, -0.05) is 6.07 Å². The summed E-state index contributed by atoms with van der Waals surface area (Å²) in [6.07, 6.45) is 0. The highest BCUT2D eigenvalue weighted by Crippen LogP contribution is 2.32. The van der Waals surface area contributed by atoms with Crippen molar-refractivity contribution in [3.05, 3.63) is 46.2 Å². The predicted molar refractivity (Wildman–Crippen MR) is 76.4 cm³/mol. The van der Waals surface area contributed by atoms with Gasteiger partial charge in [-0.2, -0.15) is 0 Å². The summed E-state index contributed by atoms with van der Waals surface area (Å²) in [6, 6.07) is 6.37. The molecule has 2 aromatic rings. The Balaban J connectivity index is 2.42. The lowest BCUT2D eigenvalue weighted by Gasteiger charge is -2.30. The Morgan fingerprint density at radius 2 is 2.00 bits per heavy atom. The second-order valence-electron chi connectivity index (χ2n) is 4.60. The van der Waals surface area contributed by atoms with Crippen molar-refractivity contribution < 1.29 is 8.78 Å². The van der Waals surface area contributed by atoms with E-state index in [-0.39, 0.29) is 17.4 Å². The van der Waals surface area contributed by atoms with Gasteiger partial charge < -0.3 is 10.6 Å². The van der Waals surface area contributed by atoms with Crippen molar-refractivity contribution in [3.63, 3.8) is 0 Å². The lowest BCUT2D eigenvalue weighted by molar-refractivity contribution is 0.502. The molecule has 5 heteroatoms. The maximum Gasteiger partial charge on any atom is 0.184 e. The van der Waals surface area contributed by atoms with Gasteiger partial charge in [0.15, 0.2) is 11.6 Å². The van der Waals surface area contributed by atoms with Gasteiger partial charge >= 0.3 is 0 Å². The highest BCUT2D eigenvalue weighted by molar-refractivity contribution is 7.09. The Hall–Kier alpha value is -1.62. The minimum Gasteiger partial charge on any atom is -0.397 e.